The molecule has 0 amide bonds. The molecule has 6 heteroatoms. The molecule has 74 valence electrons. The third kappa shape index (κ3) is 1.63. The third-order valence-electron chi connectivity index (χ3n) is 2.38. The number of ether oxygens (including phenoxy) is 1. The van der Waals surface area contributed by atoms with Crippen LogP contribution in [0.5, 0.6) is 0 Å². The van der Waals surface area contributed by atoms with Crippen LogP contribution < -0.4 is 0 Å². The molecule has 2 saturated heterocycles. The Morgan fingerprint density at radius 1 is 1.46 bits per heavy atom. The van der Waals surface area contributed by atoms with E-state index in [1.807, 2.05) is 4.90 Å². The normalized spacial score (nSPS) is 34.8. The summed E-state index contributed by atoms with van der Waals surface area (Å²) >= 11 is 17.0. The lowest BCUT2D eigenvalue weighted by Gasteiger charge is -2.25. The number of fused-ring (bicyclic) bond motifs is 1. The van der Waals surface area contributed by atoms with Gasteiger partial charge in [-0.15, -0.1) is 0 Å². The van der Waals surface area contributed by atoms with E-state index in [1.165, 1.54) is 0 Å². The van der Waals surface area contributed by atoms with Gasteiger partial charge in [0.1, 0.15) is 6.04 Å². The van der Waals surface area contributed by atoms with Crippen LogP contribution in [0.1, 0.15) is 12.8 Å². The Morgan fingerprint density at radius 2 is 2.15 bits per heavy atom. The van der Waals surface area contributed by atoms with Crippen molar-refractivity contribution in [3.63, 3.8) is 0 Å². The summed E-state index contributed by atoms with van der Waals surface area (Å²) in [5.41, 5.74) is 0. The summed E-state index contributed by atoms with van der Waals surface area (Å²) < 4.78 is 3.44. The number of rotatable bonds is 0. The third-order valence-corrected chi connectivity index (χ3v) is 2.94. The zero-order chi connectivity index (χ0) is 9.64. The minimum atomic E-state index is -1.55. The summed E-state index contributed by atoms with van der Waals surface area (Å²) in [5, 5.41) is 0. The van der Waals surface area contributed by atoms with E-state index in [0.29, 0.717) is 0 Å². The van der Waals surface area contributed by atoms with E-state index in [-0.39, 0.29) is 12.0 Å². The van der Waals surface area contributed by atoms with Gasteiger partial charge < -0.3 is 4.74 Å². The molecule has 13 heavy (non-hydrogen) atoms. The van der Waals surface area contributed by atoms with E-state index in [4.69, 9.17) is 39.5 Å². The smallest absolute Gasteiger partial charge is 0.325 e. The number of cyclic esters (lactones) is 1. The Morgan fingerprint density at radius 3 is 2.77 bits per heavy atom. The van der Waals surface area contributed by atoms with Crippen LogP contribution >= 0.6 is 34.8 Å². The fourth-order valence-electron chi connectivity index (χ4n) is 1.83. The van der Waals surface area contributed by atoms with E-state index in [1.54, 1.807) is 0 Å². The number of hydrogen-bond acceptors (Lipinski definition) is 3. The van der Waals surface area contributed by atoms with Crippen LogP contribution in [0.15, 0.2) is 0 Å². The first-order valence-corrected chi connectivity index (χ1v) is 5.16. The van der Waals surface area contributed by atoms with Gasteiger partial charge in [-0.2, -0.15) is 0 Å². The minimum absolute atomic E-state index is 0.194. The fraction of sp³-hybridized carbons (Fsp3) is 0.857. The molecule has 0 aromatic heterocycles. The van der Waals surface area contributed by atoms with Gasteiger partial charge in [-0.3, -0.25) is 9.69 Å². The molecule has 2 atom stereocenters. The van der Waals surface area contributed by atoms with Gasteiger partial charge in [-0.25, -0.2) is 0 Å². The van der Waals surface area contributed by atoms with Crippen molar-refractivity contribution in [2.75, 3.05) is 6.54 Å². The predicted molar refractivity (Wildman–Crippen MR) is 49.9 cm³/mol. The number of carbonyl (C=O) groups is 1. The van der Waals surface area contributed by atoms with Gasteiger partial charge in [0.2, 0.25) is 10.0 Å². The Hall–Kier alpha value is 0.300. The van der Waals surface area contributed by atoms with Gasteiger partial charge in [0.15, 0.2) is 0 Å². The average Bonchev–Trinajstić information content (AvgIpc) is 2.51. The van der Waals surface area contributed by atoms with Gasteiger partial charge in [0.25, 0.3) is 0 Å². The van der Waals surface area contributed by atoms with E-state index >= 15 is 0 Å². The van der Waals surface area contributed by atoms with E-state index in [2.05, 4.69) is 0 Å². The van der Waals surface area contributed by atoms with Crippen molar-refractivity contribution in [2.24, 2.45) is 0 Å². The van der Waals surface area contributed by atoms with E-state index in [0.717, 1.165) is 19.4 Å². The molecule has 2 fully saturated rings. The van der Waals surface area contributed by atoms with Gasteiger partial charge in [-0.05, 0) is 12.8 Å². The second kappa shape index (κ2) is 3.16. The van der Waals surface area contributed by atoms with Crippen molar-refractivity contribution in [1.82, 2.24) is 4.90 Å². The zero-order valence-corrected chi connectivity index (χ0v) is 8.94. The molecule has 2 heterocycles. The quantitative estimate of drug-likeness (QED) is 0.480. The monoisotopic (exact) mass is 243 g/mol. The van der Waals surface area contributed by atoms with Gasteiger partial charge >= 0.3 is 5.97 Å². The highest BCUT2D eigenvalue weighted by atomic mass is 35.6. The summed E-state index contributed by atoms with van der Waals surface area (Å²) in [5.74, 6) is -0.270. The molecule has 0 aromatic rings. The van der Waals surface area contributed by atoms with Crippen molar-refractivity contribution in [3.8, 4) is 0 Å². The molecule has 0 saturated carbocycles. The lowest BCUT2D eigenvalue weighted by atomic mass is 10.2. The van der Waals surface area contributed by atoms with Crippen molar-refractivity contribution < 1.29 is 9.53 Å². The molecule has 0 aliphatic carbocycles. The van der Waals surface area contributed by atoms with Crippen LogP contribution in [0, 0.1) is 0 Å². The topological polar surface area (TPSA) is 29.5 Å². The highest BCUT2D eigenvalue weighted by Gasteiger charge is 2.52. The first-order chi connectivity index (χ1) is 6.00. The summed E-state index contributed by atoms with van der Waals surface area (Å²) in [7, 11) is 0. The molecule has 0 spiro atoms. The maximum atomic E-state index is 11.3. The van der Waals surface area contributed by atoms with Crippen LogP contribution in [0.3, 0.4) is 0 Å². The average molecular weight is 245 g/mol. The van der Waals surface area contributed by atoms with Gasteiger partial charge in [0.05, 0.1) is 0 Å². The Labute approximate surface area is 90.9 Å². The van der Waals surface area contributed by atoms with Crippen molar-refractivity contribution in [1.29, 1.82) is 0 Å². The van der Waals surface area contributed by atoms with E-state index < -0.39 is 10.0 Å². The summed E-state index contributed by atoms with van der Waals surface area (Å²) in [6.07, 6.45) is 1.05. The van der Waals surface area contributed by atoms with Crippen LogP contribution in [-0.2, 0) is 9.53 Å². The molecule has 1 unspecified atom stereocenters. The van der Waals surface area contributed by atoms with Crippen LogP contribution in [0.4, 0.5) is 0 Å². The first-order valence-electron chi connectivity index (χ1n) is 4.03. The van der Waals surface area contributed by atoms with Crippen LogP contribution in [-0.4, -0.2) is 33.5 Å². The summed E-state index contributed by atoms with van der Waals surface area (Å²) in [6.45, 7) is 0.759. The fourth-order valence-corrected chi connectivity index (χ4v) is 2.34. The zero-order valence-electron chi connectivity index (χ0n) is 6.67. The maximum absolute atomic E-state index is 11.3. The standard InChI is InChI=1S/C7H8Cl3NO2/c8-7(9,10)6-11-3-1-2-4(11)5(12)13-6/h4,6H,1-3H2/t4?,6-/m0/s1. The summed E-state index contributed by atoms with van der Waals surface area (Å²) in [4.78, 5) is 13.1. The molecular formula is C7H8Cl3NO2. The SMILES string of the molecule is O=C1O[C@@H](C(Cl)(Cl)Cl)N2CCCC12. The number of hydrogen-bond donors (Lipinski definition) is 0. The number of nitrogens with zero attached hydrogens (tertiary/aromatic N) is 1. The molecule has 0 N–H and O–H groups in total. The predicted octanol–water partition coefficient (Wildman–Crippen LogP) is 1.70. The molecule has 0 aromatic carbocycles. The number of esters is 1. The van der Waals surface area contributed by atoms with Crippen LogP contribution in [0.2, 0.25) is 0 Å². The highest BCUT2D eigenvalue weighted by molar-refractivity contribution is 6.68. The van der Waals surface area contributed by atoms with Gasteiger partial charge in [0, 0.05) is 6.54 Å². The first kappa shape index (κ1) is 9.84. The van der Waals surface area contributed by atoms with Crippen molar-refractivity contribution >= 4 is 40.8 Å². The molecule has 2 aliphatic rings. The lowest BCUT2D eigenvalue weighted by Crippen LogP contribution is -2.41. The van der Waals surface area contributed by atoms with Crippen molar-refractivity contribution in [2.45, 2.75) is 28.9 Å². The molecule has 2 aliphatic heterocycles. The van der Waals surface area contributed by atoms with Gasteiger partial charge in [-0.1, -0.05) is 34.8 Å². The number of alkyl halides is 3. The molecule has 0 radical (unpaired) electrons. The number of halogens is 3. The maximum Gasteiger partial charge on any atom is 0.325 e. The molecule has 2 rings (SSSR count). The van der Waals surface area contributed by atoms with Crippen molar-refractivity contribution in [3.05, 3.63) is 0 Å². The Kier molecular flexibility index (Phi) is 2.39. The second-order valence-corrected chi connectivity index (χ2v) is 5.60. The number of carbonyl (C=O) groups excluding carboxylic acids is 1. The second-order valence-electron chi connectivity index (χ2n) is 3.23. The molecule has 0 bridgehead atoms. The lowest BCUT2D eigenvalue weighted by molar-refractivity contribution is -0.142. The minimum Gasteiger partial charge on any atom is -0.440 e. The Bertz CT molecular complexity index is 240. The Balaban J connectivity index is 2.20. The largest absolute Gasteiger partial charge is 0.440 e. The summed E-state index contributed by atoms with van der Waals surface area (Å²) in [6, 6.07) is -0.194. The highest BCUT2D eigenvalue weighted by Crippen LogP contribution is 2.41. The van der Waals surface area contributed by atoms with Crippen LogP contribution in [0.25, 0.3) is 0 Å². The molecule has 3 nitrogen and oxygen atoms in total. The van der Waals surface area contributed by atoms with E-state index in [9.17, 15) is 4.79 Å². The molecular weight excluding hydrogens is 236 g/mol.